The summed E-state index contributed by atoms with van der Waals surface area (Å²) in [5, 5.41) is 9.98. The number of anilines is 1. The van der Waals surface area contributed by atoms with Gasteiger partial charge in [0.05, 0.1) is 16.9 Å². The number of nitrogens with zero attached hydrogens (tertiary/aromatic N) is 1. The predicted molar refractivity (Wildman–Crippen MR) is 71.1 cm³/mol. The quantitative estimate of drug-likeness (QED) is 0.774. The fourth-order valence-electron chi connectivity index (χ4n) is 2.37. The zero-order valence-electron chi connectivity index (χ0n) is 11.3. The van der Waals surface area contributed by atoms with Gasteiger partial charge >= 0.3 is 0 Å². The molecule has 110 valence electrons. The zero-order chi connectivity index (χ0) is 14.9. The van der Waals surface area contributed by atoms with E-state index in [1.54, 1.807) is 6.92 Å². The van der Waals surface area contributed by atoms with E-state index in [1.807, 2.05) is 0 Å². The molecule has 1 aliphatic heterocycles. The number of carbonyl (C=O) groups is 1. The number of halogens is 2. The summed E-state index contributed by atoms with van der Waals surface area (Å²) in [6, 6.07) is 1.65. The molecule has 1 saturated heterocycles. The number of carbonyl (C=O) groups excluding carboxylic acids is 1. The second-order valence-electron chi connectivity index (χ2n) is 5.50. The lowest BCUT2D eigenvalue weighted by Gasteiger charge is -2.23. The summed E-state index contributed by atoms with van der Waals surface area (Å²) >= 11 is 0. The summed E-state index contributed by atoms with van der Waals surface area (Å²) in [7, 11) is 0. The van der Waals surface area contributed by atoms with Gasteiger partial charge in [0.25, 0.3) is 5.91 Å². The van der Waals surface area contributed by atoms with Crippen LogP contribution in [0.4, 0.5) is 14.5 Å². The molecule has 4 nitrogen and oxygen atoms in total. The van der Waals surface area contributed by atoms with Gasteiger partial charge in [-0.15, -0.1) is 0 Å². The molecule has 1 aliphatic rings. The predicted octanol–water partition coefficient (Wildman–Crippen LogP) is 1.92. The minimum absolute atomic E-state index is 0.231. The lowest BCUT2D eigenvalue weighted by molar-refractivity contribution is 0.0437. The average molecular weight is 284 g/mol. The van der Waals surface area contributed by atoms with E-state index in [4.69, 9.17) is 5.73 Å². The van der Waals surface area contributed by atoms with Crippen molar-refractivity contribution in [1.29, 1.82) is 0 Å². The van der Waals surface area contributed by atoms with Crippen molar-refractivity contribution in [2.45, 2.75) is 31.8 Å². The van der Waals surface area contributed by atoms with Gasteiger partial charge in [0, 0.05) is 19.2 Å². The molecule has 0 saturated carbocycles. The molecule has 0 spiro atoms. The molecule has 0 bridgehead atoms. The van der Waals surface area contributed by atoms with Crippen LogP contribution < -0.4 is 5.73 Å². The standard InChI is InChI=1S/C14H18F2N2O2/c1-14(20)3-2-5-18(6-4-14)13(19)9-7-12(17)11(16)8-10(9)15/h7-8,20H,2-6,17H2,1H3. The number of likely N-dealkylation sites (tertiary alicyclic amines) is 1. The van der Waals surface area contributed by atoms with Crippen molar-refractivity contribution in [2.24, 2.45) is 0 Å². The fraction of sp³-hybridized carbons (Fsp3) is 0.500. The number of rotatable bonds is 1. The summed E-state index contributed by atoms with van der Waals surface area (Å²) in [5.41, 5.74) is 4.08. The first-order valence-electron chi connectivity index (χ1n) is 6.56. The van der Waals surface area contributed by atoms with Gasteiger partial charge in [0.2, 0.25) is 0 Å². The average Bonchev–Trinajstić information content (AvgIpc) is 2.54. The van der Waals surface area contributed by atoms with Crippen LogP contribution >= 0.6 is 0 Å². The van der Waals surface area contributed by atoms with Gasteiger partial charge in [-0.1, -0.05) is 0 Å². The smallest absolute Gasteiger partial charge is 0.256 e. The molecule has 1 amide bonds. The molecular weight excluding hydrogens is 266 g/mol. The molecule has 0 aromatic heterocycles. The molecule has 2 rings (SSSR count). The highest BCUT2D eigenvalue weighted by atomic mass is 19.1. The summed E-state index contributed by atoms with van der Waals surface area (Å²) in [4.78, 5) is 13.7. The lowest BCUT2D eigenvalue weighted by atomic mass is 9.98. The molecule has 20 heavy (non-hydrogen) atoms. The van der Waals surface area contributed by atoms with Crippen molar-refractivity contribution in [2.75, 3.05) is 18.8 Å². The Balaban J connectivity index is 2.21. The first-order valence-corrected chi connectivity index (χ1v) is 6.56. The van der Waals surface area contributed by atoms with E-state index in [9.17, 15) is 18.7 Å². The number of nitrogen functional groups attached to an aromatic ring is 1. The molecule has 1 unspecified atom stereocenters. The maximum atomic E-state index is 13.7. The van der Waals surface area contributed by atoms with Gasteiger partial charge < -0.3 is 15.7 Å². The van der Waals surface area contributed by atoms with Crippen LogP contribution in [-0.2, 0) is 0 Å². The van der Waals surface area contributed by atoms with Gasteiger partial charge in [-0.05, 0) is 32.3 Å². The first kappa shape index (κ1) is 14.7. The molecular formula is C14H18F2N2O2. The number of hydrogen-bond donors (Lipinski definition) is 2. The molecule has 6 heteroatoms. The molecule has 3 N–H and O–H groups in total. The SMILES string of the molecule is CC1(O)CCCN(C(=O)c2cc(N)c(F)cc2F)CC1. The van der Waals surface area contributed by atoms with Crippen LogP contribution in [0.5, 0.6) is 0 Å². The van der Waals surface area contributed by atoms with Crippen LogP contribution in [-0.4, -0.2) is 34.6 Å². The maximum Gasteiger partial charge on any atom is 0.256 e. The Morgan fingerprint density at radius 2 is 2.00 bits per heavy atom. The van der Waals surface area contributed by atoms with Crippen molar-refractivity contribution in [3.8, 4) is 0 Å². The van der Waals surface area contributed by atoms with Gasteiger partial charge in [-0.2, -0.15) is 0 Å². The minimum Gasteiger partial charge on any atom is -0.396 e. The van der Waals surface area contributed by atoms with E-state index in [0.717, 1.165) is 6.07 Å². The Kier molecular flexibility index (Phi) is 3.94. The monoisotopic (exact) mass is 284 g/mol. The highest BCUT2D eigenvalue weighted by molar-refractivity contribution is 5.95. The molecule has 1 heterocycles. The van der Waals surface area contributed by atoms with Crippen LogP contribution in [0.3, 0.4) is 0 Å². The van der Waals surface area contributed by atoms with Gasteiger partial charge in [0.15, 0.2) is 0 Å². The van der Waals surface area contributed by atoms with Crippen molar-refractivity contribution < 1.29 is 18.7 Å². The van der Waals surface area contributed by atoms with E-state index >= 15 is 0 Å². The topological polar surface area (TPSA) is 66.6 Å². The Hall–Kier alpha value is -1.69. The maximum absolute atomic E-state index is 13.7. The zero-order valence-corrected chi connectivity index (χ0v) is 11.3. The molecule has 0 radical (unpaired) electrons. The summed E-state index contributed by atoms with van der Waals surface area (Å²) in [6.07, 6.45) is 1.65. The third-order valence-corrected chi connectivity index (χ3v) is 3.67. The van der Waals surface area contributed by atoms with E-state index < -0.39 is 23.1 Å². The number of aliphatic hydroxyl groups is 1. The first-order chi connectivity index (χ1) is 9.30. The molecule has 1 fully saturated rings. The summed E-state index contributed by atoms with van der Waals surface area (Å²) in [6.45, 7) is 2.49. The van der Waals surface area contributed by atoms with E-state index in [-0.39, 0.29) is 11.3 Å². The molecule has 0 aliphatic carbocycles. The van der Waals surface area contributed by atoms with Gasteiger partial charge in [-0.25, -0.2) is 8.78 Å². The largest absolute Gasteiger partial charge is 0.396 e. The highest BCUT2D eigenvalue weighted by Gasteiger charge is 2.28. The molecule has 1 aromatic carbocycles. The number of benzene rings is 1. The Labute approximate surface area is 116 Å². The second kappa shape index (κ2) is 5.36. The third kappa shape index (κ3) is 3.07. The fourth-order valence-corrected chi connectivity index (χ4v) is 2.37. The van der Waals surface area contributed by atoms with Crippen molar-refractivity contribution in [3.05, 3.63) is 29.3 Å². The van der Waals surface area contributed by atoms with E-state index in [0.29, 0.717) is 38.4 Å². The Morgan fingerprint density at radius 3 is 2.70 bits per heavy atom. The number of amides is 1. The summed E-state index contributed by atoms with van der Waals surface area (Å²) < 4.78 is 26.8. The van der Waals surface area contributed by atoms with E-state index in [2.05, 4.69) is 0 Å². The van der Waals surface area contributed by atoms with Crippen LogP contribution in [0, 0.1) is 11.6 Å². The van der Waals surface area contributed by atoms with Crippen LogP contribution in [0.1, 0.15) is 36.5 Å². The second-order valence-corrected chi connectivity index (χ2v) is 5.50. The highest BCUT2D eigenvalue weighted by Crippen LogP contribution is 2.24. The van der Waals surface area contributed by atoms with Crippen LogP contribution in [0.2, 0.25) is 0 Å². The number of hydrogen-bond acceptors (Lipinski definition) is 3. The minimum atomic E-state index is -0.919. The van der Waals surface area contributed by atoms with Crippen molar-refractivity contribution in [3.63, 3.8) is 0 Å². The van der Waals surface area contributed by atoms with Gasteiger partial charge in [-0.3, -0.25) is 4.79 Å². The Bertz CT molecular complexity index is 532. The number of nitrogens with two attached hydrogens (primary N) is 1. The molecule has 1 aromatic rings. The van der Waals surface area contributed by atoms with Crippen LogP contribution in [0.15, 0.2) is 12.1 Å². The third-order valence-electron chi connectivity index (χ3n) is 3.67. The Morgan fingerprint density at radius 1 is 1.30 bits per heavy atom. The van der Waals surface area contributed by atoms with E-state index in [1.165, 1.54) is 4.90 Å². The van der Waals surface area contributed by atoms with Crippen LogP contribution in [0.25, 0.3) is 0 Å². The van der Waals surface area contributed by atoms with Gasteiger partial charge in [0.1, 0.15) is 11.6 Å². The summed E-state index contributed by atoms with van der Waals surface area (Å²) in [5.74, 6) is -2.32. The van der Waals surface area contributed by atoms with Crippen molar-refractivity contribution in [1.82, 2.24) is 4.90 Å². The normalized spacial score (nSPS) is 23.5. The molecule has 1 atom stereocenters. The lowest BCUT2D eigenvalue weighted by Crippen LogP contribution is -2.34. The van der Waals surface area contributed by atoms with Crippen molar-refractivity contribution >= 4 is 11.6 Å².